The normalized spacial score (nSPS) is 45.7. The molecule has 0 aliphatic heterocycles. The van der Waals surface area contributed by atoms with Gasteiger partial charge in [0.1, 0.15) is 5.78 Å². The minimum absolute atomic E-state index is 0.164. The van der Waals surface area contributed by atoms with Crippen molar-refractivity contribution in [2.75, 3.05) is 0 Å². The highest BCUT2D eigenvalue weighted by atomic mass is 16.4. The van der Waals surface area contributed by atoms with Crippen LogP contribution in [0.25, 0.3) is 0 Å². The van der Waals surface area contributed by atoms with Gasteiger partial charge in [-0.05, 0) is 84.9 Å². The van der Waals surface area contributed by atoms with Gasteiger partial charge in [0.05, 0.1) is 0 Å². The van der Waals surface area contributed by atoms with Gasteiger partial charge in [0.2, 0.25) is 0 Å². The van der Waals surface area contributed by atoms with Crippen molar-refractivity contribution in [3.8, 4) is 0 Å². The summed E-state index contributed by atoms with van der Waals surface area (Å²) < 4.78 is 0. The Balaban J connectivity index is 1.67. The Morgan fingerprint density at radius 1 is 1.10 bits per heavy atom. The first-order valence-electron chi connectivity index (χ1n) is 12.3. The van der Waals surface area contributed by atoms with Crippen molar-refractivity contribution in [1.29, 1.82) is 0 Å². The van der Waals surface area contributed by atoms with Gasteiger partial charge >= 0.3 is 5.97 Å². The van der Waals surface area contributed by atoms with Crippen LogP contribution in [-0.2, 0) is 9.59 Å². The number of allylic oxidation sites excluding steroid dienone is 2. The summed E-state index contributed by atoms with van der Waals surface area (Å²) >= 11 is 0. The zero-order valence-corrected chi connectivity index (χ0v) is 20.0. The zero-order chi connectivity index (χ0) is 22.1. The van der Waals surface area contributed by atoms with Crippen molar-refractivity contribution in [1.82, 2.24) is 0 Å². The molecular formula is C27H42O3. The second kappa shape index (κ2) is 6.94. The predicted molar refractivity (Wildman–Crippen MR) is 120 cm³/mol. The highest BCUT2D eigenvalue weighted by Crippen LogP contribution is 2.72. The average Bonchev–Trinajstić information content (AvgIpc) is 2.95. The number of hydrogen-bond donors (Lipinski definition) is 1. The summed E-state index contributed by atoms with van der Waals surface area (Å²) in [5.74, 6) is 1.95. The van der Waals surface area contributed by atoms with E-state index in [1.165, 1.54) is 25.7 Å². The summed E-state index contributed by atoms with van der Waals surface area (Å²) in [6.45, 7) is 14.2. The third-order valence-corrected chi connectivity index (χ3v) is 11.1. The summed E-state index contributed by atoms with van der Waals surface area (Å²) in [6, 6.07) is 0. The Kier molecular flexibility index (Phi) is 5.11. The molecule has 0 amide bonds. The van der Waals surface area contributed by atoms with E-state index in [1.54, 1.807) is 5.57 Å². The number of Topliss-reactive ketones (excluding diaryl/α,β-unsaturated/α-hetero) is 1. The fourth-order valence-corrected chi connectivity index (χ4v) is 9.04. The monoisotopic (exact) mass is 414 g/mol. The van der Waals surface area contributed by atoms with Crippen molar-refractivity contribution in [3.05, 3.63) is 11.6 Å². The number of fused-ring (bicyclic) bond motifs is 5. The summed E-state index contributed by atoms with van der Waals surface area (Å²) in [7, 11) is 0. The lowest BCUT2D eigenvalue weighted by Gasteiger charge is -2.63. The molecule has 1 unspecified atom stereocenters. The summed E-state index contributed by atoms with van der Waals surface area (Å²) in [6.07, 6.45) is 11.4. The Bertz CT molecular complexity index is 779. The molecule has 4 aliphatic rings. The Morgan fingerprint density at radius 3 is 2.47 bits per heavy atom. The van der Waals surface area contributed by atoms with Crippen molar-refractivity contribution in [2.45, 2.75) is 99.3 Å². The first-order valence-corrected chi connectivity index (χ1v) is 12.3. The molecule has 30 heavy (non-hydrogen) atoms. The molecule has 0 saturated heterocycles. The van der Waals surface area contributed by atoms with E-state index >= 15 is 0 Å². The lowest BCUT2D eigenvalue weighted by atomic mass is 9.41. The van der Waals surface area contributed by atoms with Gasteiger partial charge in [-0.25, -0.2) is 0 Å². The fourth-order valence-electron chi connectivity index (χ4n) is 9.04. The largest absolute Gasteiger partial charge is 0.481 e. The van der Waals surface area contributed by atoms with Gasteiger partial charge in [-0.1, -0.05) is 53.2 Å². The molecular weight excluding hydrogens is 372 g/mol. The molecule has 4 rings (SSSR count). The molecule has 7 atom stereocenters. The molecule has 3 heteroatoms. The second-order valence-corrected chi connectivity index (χ2v) is 12.5. The molecule has 0 heterocycles. The fraction of sp³-hybridized carbons (Fsp3) is 0.852. The number of carboxylic acids is 1. The summed E-state index contributed by atoms with van der Waals surface area (Å²) in [5, 5.41) is 9.17. The molecule has 3 fully saturated rings. The van der Waals surface area contributed by atoms with Crippen LogP contribution in [0.4, 0.5) is 0 Å². The number of hydrogen-bond acceptors (Lipinski definition) is 2. The van der Waals surface area contributed by atoms with Gasteiger partial charge in [0.25, 0.3) is 0 Å². The van der Waals surface area contributed by atoms with Crippen molar-refractivity contribution in [2.24, 2.45) is 45.3 Å². The molecule has 0 bridgehead atoms. The number of rotatable bonds is 4. The minimum atomic E-state index is -0.667. The van der Waals surface area contributed by atoms with Gasteiger partial charge in [-0.2, -0.15) is 0 Å². The average molecular weight is 415 g/mol. The van der Waals surface area contributed by atoms with E-state index in [0.717, 1.165) is 25.7 Å². The molecule has 0 spiro atoms. The van der Waals surface area contributed by atoms with Crippen LogP contribution in [0.2, 0.25) is 0 Å². The van der Waals surface area contributed by atoms with E-state index < -0.39 is 5.97 Å². The Labute approximate surface area is 183 Å². The quantitative estimate of drug-likeness (QED) is 0.523. The first-order chi connectivity index (χ1) is 13.9. The van der Waals surface area contributed by atoms with Crippen molar-refractivity contribution >= 4 is 11.8 Å². The number of aliphatic carboxylic acids is 1. The minimum Gasteiger partial charge on any atom is -0.481 e. The van der Waals surface area contributed by atoms with Crippen LogP contribution in [0.1, 0.15) is 99.3 Å². The SMILES string of the molecule is C[C@H](CCC(=O)O)[C@H]1CC[C@@]2(C)[C@@H]3CCC4C(C)(C)C(=O)CC[C@]4(C)C3=CC[C@]12C. The van der Waals surface area contributed by atoms with Crippen LogP contribution in [0, 0.1) is 45.3 Å². The van der Waals surface area contributed by atoms with Crippen LogP contribution in [0.3, 0.4) is 0 Å². The topological polar surface area (TPSA) is 54.4 Å². The zero-order valence-electron chi connectivity index (χ0n) is 20.0. The standard InChI is InChI=1S/C27H42O3/c1-17(7-10-23(29)30)18-11-15-27(6)20-8-9-21-24(2,3)22(28)13-14-25(21,4)19(20)12-16-26(18,27)5/h12,17-18,20-21H,7-11,13-16H2,1-6H3,(H,29,30)/t17-,18-,20-,21?,25-,26-,27+/m1/s1. The third kappa shape index (κ3) is 2.82. The van der Waals surface area contributed by atoms with Gasteiger partial charge in [-0.15, -0.1) is 0 Å². The van der Waals surface area contributed by atoms with E-state index in [1.807, 2.05) is 0 Å². The smallest absolute Gasteiger partial charge is 0.303 e. The molecule has 0 aromatic carbocycles. The predicted octanol–water partition coefficient (Wildman–Crippen LogP) is 6.66. The van der Waals surface area contributed by atoms with E-state index in [4.69, 9.17) is 0 Å². The van der Waals surface area contributed by atoms with Gasteiger partial charge < -0.3 is 5.11 Å². The number of carboxylic acid groups (broad SMARTS) is 1. The Morgan fingerprint density at radius 2 is 1.80 bits per heavy atom. The third-order valence-electron chi connectivity index (χ3n) is 11.1. The lowest BCUT2D eigenvalue weighted by molar-refractivity contribution is -0.142. The van der Waals surface area contributed by atoms with E-state index in [0.29, 0.717) is 34.9 Å². The molecule has 0 aromatic heterocycles. The molecule has 3 nitrogen and oxygen atoms in total. The molecule has 1 N–H and O–H groups in total. The van der Waals surface area contributed by atoms with Crippen LogP contribution >= 0.6 is 0 Å². The second-order valence-electron chi connectivity index (χ2n) is 12.5. The first kappa shape index (κ1) is 22.1. The van der Waals surface area contributed by atoms with Gasteiger partial charge in [0, 0.05) is 18.3 Å². The molecule has 0 radical (unpaired) electrons. The molecule has 4 aliphatic carbocycles. The summed E-state index contributed by atoms with van der Waals surface area (Å²) in [4.78, 5) is 23.9. The number of ketones is 1. The van der Waals surface area contributed by atoms with E-state index in [-0.39, 0.29) is 22.7 Å². The maximum Gasteiger partial charge on any atom is 0.303 e. The van der Waals surface area contributed by atoms with E-state index in [9.17, 15) is 14.7 Å². The van der Waals surface area contributed by atoms with Crippen LogP contribution in [0.5, 0.6) is 0 Å². The highest BCUT2D eigenvalue weighted by Gasteiger charge is 2.65. The number of carbonyl (C=O) groups is 2. The summed E-state index contributed by atoms with van der Waals surface area (Å²) in [5.41, 5.74) is 2.18. The Hall–Kier alpha value is -1.12. The van der Waals surface area contributed by atoms with Crippen molar-refractivity contribution < 1.29 is 14.7 Å². The van der Waals surface area contributed by atoms with Crippen molar-refractivity contribution in [3.63, 3.8) is 0 Å². The molecule has 168 valence electrons. The van der Waals surface area contributed by atoms with Crippen LogP contribution in [-0.4, -0.2) is 16.9 Å². The molecule has 3 saturated carbocycles. The maximum atomic E-state index is 12.7. The maximum absolute atomic E-state index is 12.7. The lowest BCUT2D eigenvalue weighted by Crippen LogP contribution is -2.56. The van der Waals surface area contributed by atoms with Crippen LogP contribution < -0.4 is 0 Å². The number of carbonyl (C=O) groups excluding carboxylic acids is 1. The van der Waals surface area contributed by atoms with Gasteiger partial charge in [0.15, 0.2) is 0 Å². The van der Waals surface area contributed by atoms with Gasteiger partial charge in [-0.3, -0.25) is 9.59 Å². The molecule has 0 aromatic rings. The highest BCUT2D eigenvalue weighted by molar-refractivity contribution is 5.85. The van der Waals surface area contributed by atoms with E-state index in [2.05, 4.69) is 47.6 Å². The van der Waals surface area contributed by atoms with Crippen LogP contribution in [0.15, 0.2) is 11.6 Å².